The van der Waals surface area contributed by atoms with Crippen LogP contribution < -0.4 is 0 Å². The summed E-state index contributed by atoms with van der Waals surface area (Å²) in [6.07, 6.45) is 3.12. The van der Waals surface area contributed by atoms with Crippen LogP contribution in [0.4, 0.5) is 0 Å². The summed E-state index contributed by atoms with van der Waals surface area (Å²) in [5, 5.41) is 4.88. The van der Waals surface area contributed by atoms with E-state index in [9.17, 15) is 8.42 Å². The molecule has 0 radical (unpaired) electrons. The highest BCUT2D eigenvalue weighted by molar-refractivity contribution is 7.88. The number of benzene rings is 1. The molecular formula is C14H13ClN2O3S. The Bertz CT molecular complexity index is 767. The van der Waals surface area contributed by atoms with Crippen molar-refractivity contribution in [3.8, 4) is 0 Å². The van der Waals surface area contributed by atoms with Gasteiger partial charge in [0, 0.05) is 11.4 Å². The molecule has 1 aliphatic heterocycles. The Hall–Kier alpha value is -1.79. The molecule has 0 amide bonds. The van der Waals surface area contributed by atoms with Crippen LogP contribution in [-0.4, -0.2) is 24.8 Å². The van der Waals surface area contributed by atoms with E-state index in [1.807, 2.05) is 12.1 Å². The molecule has 1 aromatic heterocycles. The van der Waals surface area contributed by atoms with Gasteiger partial charge in [0.2, 0.25) is 10.0 Å². The van der Waals surface area contributed by atoms with Crippen molar-refractivity contribution in [3.05, 3.63) is 59.0 Å². The Balaban J connectivity index is 1.99. The maximum absolute atomic E-state index is 11.9. The van der Waals surface area contributed by atoms with Gasteiger partial charge in [0.1, 0.15) is 11.8 Å². The molecule has 0 bridgehead atoms. The summed E-state index contributed by atoms with van der Waals surface area (Å²) < 4.78 is 30.3. The van der Waals surface area contributed by atoms with E-state index < -0.39 is 16.1 Å². The third-order valence-electron chi connectivity index (χ3n) is 3.26. The van der Waals surface area contributed by atoms with E-state index in [4.69, 9.17) is 16.0 Å². The fraction of sp³-hybridized carbons (Fsp3) is 0.214. The zero-order valence-electron chi connectivity index (χ0n) is 11.2. The highest BCUT2D eigenvalue weighted by Crippen LogP contribution is 2.34. The number of nitrogens with zero attached hydrogens (tertiary/aromatic N) is 2. The molecular weight excluding hydrogens is 312 g/mol. The largest absolute Gasteiger partial charge is 0.467 e. The molecule has 3 rings (SSSR count). The predicted octanol–water partition coefficient (Wildman–Crippen LogP) is 3.04. The average molecular weight is 325 g/mol. The Kier molecular flexibility index (Phi) is 3.51. The zero-order chi connectivity index (χ0) is 15.0. The molecule has 0 saturated heterocycles. The summed E-state index contributed by atoms with van der Waals surface area (Å²) in [7, 11) is -3.47. The number of hydrazone groups is 1. The van der Waals surface area contributed by atoms with E-state index in [2.05, 4.69) is 5.10 Å². The molecule has 0 saturated carbocycles. The van der Waals surface area contributed by atoms with Crippen LogP contribution >= 0.6 is 11.6 Å². The topological polar surface area (TPSA) is 62.9 Å². The smallest absolute Gasteiger partial charge is 0.247 e. The first-order valence-corrected chi connectivity index (χ1v) is 8.54. The number of halogens is 1. The van der Waals surface area contributed by atoms with Crippen LogP contribution in [0.1, 0.15) is 23.8 Å². The molecule has 1 aromatic carbocycles. The summed E-state index contributed by atoms with van der Waals surface area (Å²) in [6.45, 7) is 0. The van der Waals surface area contributed by atoms with Crippen molar-refractivity contribution in [2.24, 2.45) is 5.10 Å². The lowest BCUT2D eigenvalue weighted by molar-refractivity contribution is 0.322. The van der Waals surface area contributed by atoms with Crippen LogP contribution in [0.15, 0.2) is 52.2 Å². The second-order valence-electron chi connectivity index (χ2n) is 4.82. The van der Waals surface area contributed by atoms with E-state index in [0.717, 1.165) is 16.2 Å². The van der Waals surface area contributed by atoms with Crippen molar-refractivity contribution in [3.63, 3.8) is 0 Å². The number of sulfonamides is 1. The van der Waals surface area contributed by atoms with Gasteiger partial charge in [0.15, 0.2) is 0 Å². The van der Waals surface area contributed by atoms with Crippen LogP contribution in [0.2, 0.25) is 5.02 Å². The third-order valence-corrected chi connectivity index (χ3v) is 4.53. The molecule has 0 aliphatic carbocycles. The molecule has 1 atom stereocenters. The third kappa shape index (κ3) is 2.82. The van der Waals surface area contributed by atoms with E-state index in [1.165, 1.54) is 6.26 Å². The lowest BCUT2D eigenvalue weighted by Crippen LogP contribution is -2.25. The van der Waals surface area contributed by atoms with E-state index in [-0.39, 0.29) is 0 Å². The van der Waals surface area contributed by atoms with Gasteiger partial charge in [-0.05, 0) is 29.8 Å². The summed E-state index contributed by atoms with van der Waals surface area (Å²) in [5.41, 5.74) is 1.54. The van der Waals surface area contributed by atoms with Gasteiger partial charge in [-0.1, -0.05) is 23.7 Å². The van der Waals surface area contributed by atoms with Crippen molar-refractivity contribution in [1.82, 2.24) is 4.41 Å². The standard InChI is InChI=1S/C14H13ClN2O3S/c1-21(18,19)17-13(14-3-2-8-20-14)9-12(16-17)10-4-6-11(15)7-5-10/h2-8,13H,9H2,1H3/t13-/m0/s1. The van der Waals surface area contributed by atoms with Crippen molar-refractivity contribution < 1.29 is 12.8 Å². The van der Waals surface area contributed by atoms with Crippen LogP contribution in [0.3, 0.4) is 0 Å². The maximum atomic E-state index is 11.9. The molecule has 0 N–H and O–H groups in total. The van der Waals surface area contributed by atoms with Crippen LogP contribution in [0.25, 0.3) is 0 Å². The van der Waals surface area contributed by atoms with E-state index in [1.54, 1.807) is 24.3 Å². The van der Waals surface area contributed by atoms with Crippen molar-refractivity contribution in [2.75, 3.05) is 6.26 Å². The highest BCUT2D eigenvalue weighted by Gasteiger charge is 2.36. The zero-order valence-corrected chi connectivity index (χ0v) is 12.8. The fourth-order valence-corrected chi connectivity index (χ4v) is 3.32. The highest BCUT2D eigenvalue weighted by atomic mass is 35.5. The molecule has 110 valence electrons. The number of hydrogen-bond donors (Lipinski definition) is 0. The molecule has 0 unspecified atom stereocenters. The van der Waals surface area contributed by atoms with E-state index >= 15 is 0 Å². The summed E-state index contributed by atoms with van der Waals surface area (Å²) in [6, 6.07) is 10.2. The molecule has 7 heteroatoms. The average Bonchev–Trinajstić information content (AvgIpc) is 3.07. The molecule has 2 heterocycles. The van der Waals surface area contributed by atoms with Gasteiger partial charge in [-0.3, -0.25) is 0 Å². The second-order valence-corrected chi connectivity index (χ2v) is 7.10. The van der Waals surface area contributed by atoms with Gasteiger partial charge < -0.3 is 4.42 Å². The molecule has 2 aromatic rings. The van der Waals surface area contributed by atoms with Gasteiger partial charge >= 0.3 is 0 Å². The first-order valence-electron chi connectivity index (χ1n) is 6.31. The maximum Gasteiger partial charge on any atom is 0.247 e. The Labute approximate surface area is 127 Å². The van der Waals surface area contributed by atoms with Crippen LogP contribution in [-0.2, 0) is 10.0 Å². The summed E-state index contributed by atoms with van der Waals surface area (Å²) in [4.78, 5) is 0. The molecule has 5 nitrogen and oxygen atoms in total. The quantitative estimate of drug-likeness (QED) is 0.871. The molecule has 1 aliphatic rings. The first kappa shape index (κ1) is 14.2. The van der Waals surface area contributed by atoms with Gasteiger partial charge in [0.05, 0.1) is 18.2 Å². The van der Waals surface area contributed by atoms with Gasteiger partial charge in [-0.15, -0.1) is 0 Å². The number of furan rings is 1. The van der Waals surface area contributed by atoms with Gasteiger partial charge in [-0.25, -0.2) is 8.42 Å². The summed E-state index contributed by atoms with van der Waals surface area (Å²) >= 11 is 5.87. The van der Waals surface area contributed by atoms with Gasteiger partial charge in [-0.2, -0.15) is 9.52 Å². The van der Waals surface area contributed by atoms with Crippen molar-refractivity contribution in [1.29, 1.82) is 0 Å². The Morgan fingerprint density at radius 1 is 1.29 bits per heavy atom. The molecule has 21 heavy (non-hydrogen) atoms. The fourth-order valence-electron chi connectivity index (χ4n) is 2.30. The SMILES string of the molecule is CS(=O)(=O)N1N=C(c2ccc(Cl)cc2)C[C@H]1c1ccco1. The minimum atomic E-state index is -3.47. The molecule has 0 fully saturated rings. The normalized spacial score (nSPS) is 18.9. The van der Waals surface area contributed by atoms with Gasteiger partial charge in [0.25, 0.3) is 0 Å². The lowest BCUT2D eigenvalue weighted by atomic mass is 10.0. The van der Waals surface area contributed by atoms with E-state index in [0.29, 0.717) is 22.9 Å². The number of rotatable bonds is 3. The van der Waals surface area contributed by atoms with Crippen molar-refractivity contribution in [2.45, 2.75) is 12.5 Å². The van der Waals surface area contributed by atoms with Crippen LogP contribution in [0, 0.1) is 0 Å². The van der Waals surface area contributed by atoms with Crippen LogP contribution in [0.5, 0.6) is 0 Å². The minimum Gasteiger partial charge on any atom is -0.467 e. The first-order chi connectivity index (χ1) is 9.95. The minimum absolute atomic E-state index is 0.444. The second kappa shape index (κ2) is 5.20. The Morgan fingerprint density at radius 2 is 2.00 bits per heavy atom. The number of hydrogen-bond acceptors (Lipinski definition) is 4. The Morgan fingerprint density at radius 3 is 2.57 bits per heavy atom. The predicted molar refractivity (Wildman–Crippen MR) is 80.7 cm³/mol. The van der Waals surface area contributed by atoms with Crippen molar-refractivity contribution >= 4 is 27.3 Å². The summed E-state index contributed by atoms with van der Waals surface area (Å²) in [5.74, 6) is 0.577. The lowest BCUT2D eigenvalue weighted by Gasteiger charge is -2.18. The molecule has 0 spiro atoms. The monoisotopic (exact) mass is 324 g/mol.